The van der Waals surface area contributed by atoms with Crippen molar-refractivity contribution in [2.75, 3.05) is 32.5 Å². The molecule has 0 radical (unpaired) electrons. The number of hydrogen-bond donors (Lipinski definition) is 2. The van der Waals surface area contributed by atoms with E-state index in [-0.39, 0.29) is 11.6 Å². The number of amides is 2. The Balaban J connectivity index is 1.69. The first-order chi connectivity index (χ1) is 15.9. The summed E-state index contributed by atoms with van der Waals surface area (Å²) in [6, 6.07) is 20.4. The van der Waals surface area contributed by atoms with Gasteiger partial charge >= 0.3 is 6.03 Å². The Bertz CT molecular complexity index is 1140. The molecule has 7 heteroatoms. The molecule has 1 atom stereocenters. The van der Waals surface area contributed by atoms with E-state index >= 15 is 0 Å². The molecule has 0 fully saturated rings. The quantitative estimate of drug-likeness (QED) is 0.487. The zero-order valence-corrected chi connectivity index (χ0v) is 18.6. The van der Waals surface area contributed by atoms with Crippen LogP contribution in [0.4, 0.5) is 19.3 Å². The Morgan fingerprint density at radius 1 is 1.00 bits per heavy atom. The molecule has 2 amide bonds. The molecular formula is C26H26F2N4O. The van der Waals surface area contributed by atoms with Gasteiger partial charge in [-0.25, -0.2) is 13.6 Å². The highest BCUT2D eigenvalue weighted by molar-refractivity contribution is 5.89. The van der Waals surface area contributed by atoms with Crippen LogP contribution in [0.25, 0.3) is 11.1 Å². The van der Waals surface area contributed by atoms with Crippen LogP contribution in [0.1, 0.15) is 23.5 Å². The molecule has 3 rings (SSSR count). The Labute approximate surface area is 192 Å². The third-order valence-corrected chi connectivity index (χ3v) is 5.32. The number of halogens is 2. The molecule has 1 unspecified atom stereocenters. The van der Waals surface area contributed by atoms with E-state index in [1.54, 1.807) is 6.07 Å². The molecule has 33 heavy (non-hydrogen) atoms. The average molecular weight is 449 g/mol. The Morgan fingerprint density at radius 3 is 2.42 bits per heavy atom. The summed E-state index contributed by atoms with van der Waals surface area (Å²) in [6.07, 6.45) is 0.821. The van der Waals surface area contributed by atoms with Gasteiger partial charge in [0, 0.05) is 24.2 Å². The third kappa shape index (κ3) is 6.86. The van der Waals surface area contributed by atoms with Crippen LogP contribution in [0, 0.1) is 23.0 Å². The summed E-state index contributed by atoms with van der Waals surface area (Å²) < 4.78 is 26.5. The van der Waals surface area contributed by atoms with Crippen molar-refractivity contribution in [3.63, 3.8) is 0 Å². The molecule has 3 aromatic carbocycles. The maximum atomic E-state index is 13.4. The maximum Gasteiger partial charge on any atom is 0.319 e. The van der Waals surface area contributed by atoms with Gasteiger partial charge in [0.2, 0.25) is 0 Å². The van der Waals surface area contributed by atoms with Crippen LogP contribution < -0.4 is 10.6 Å². The number of nitrogens with zero attached hydrogens (tertiary/aromatic N) is 2. The molecule has 0 aromatic heterocycles. The lowest BCUT2D eigenvalue weighted by Gasteiger charge is -2.21. The summed E-state index contributed by atoms with van der Waals surface area (Å²) >= 11 is 0. The number of carbonyl (C=O) groups is 1. The molecule has 0 heterocycles. The van der Waals surface area contributed by atoms with Gasteiger partial charge < -0.3 is 15.5 Å². The zero-order valence-electron chi connectivity index (χ0n) is 18.6. The number of nitriles is 1. The monoisotopic (exact) mass is 448 g/mol. The Hall–Kier alpha value is -3.76. The van der Waals surface area contributed by atoms with E-state index in [1.807, 2.05) is 56.6 Å². The normalized spacial score (nSPS) is 11.6. The second-order valence-electron chi connectivity index (χ2n) is 8.07. The van der Waals surface area contributed by atoms with Gasteiger partial charge in [0.1, 0.15) is 0 Å². The summed E-state index contributed by atoms with van der Waals surface area (Å²) in [7, 11) is 3.98. The molecule has 0 saturated heterocycles. The van der Waals surface area contributed by atoms with Crippen molar-refractivity contribution in [3.8, 4) is 17.2 Å². The largest absolute Gasteiger partial charge is 0.337 e. The minimum absolute atomic E-state index is 0.0580. The summed E-state index contributed by atoms with van der Waals surface area (Å²) in [6.45, 7) is 1.22. The maximum absolute atomic E-state index is 13.4. The number of hydrogen-bond acceptors (Lipinski definition) is 3. The van der Waals surface area contributed by atoms with Gasteiger partial charge in [-0.15, -0.1) is 0 Å². The van der Waals surface area contributed by atoms with E-state index in [9.17, 15) is 13.6 Å². The first-order valence-corrected chi connectivity index (χ1v) is 10.6. The van der Waals surface area contributed by atoms with Crippen LogP contribution in [0.3, 0.4) is 0 Å². The van der Waals surface area contributed by atoms with Gasteiger partial charge in [0.15, 0.2) is 11.6 Å². The van der Waals surface area contributed by atoms with E-state index in [0.717, 1.165) is 41.8 Å². The molecule has 5 nitrogen and oxygen atoms in total. The number of rotatable bonds is 8. The number of nitrogens with one attached hydrogen (secondary N) is 2. The summed E-state index contributed by atoms with van der Waals surface area (Å²) in [5, 5.41) is 14.5. The first kappa shape index (κ1) is 23.9. The first-order valence-electron chi connectivity index (χ1n) is 10.6. The summed E-state index contributed by atoms with van der Waals surface area (Å²) in [4.78, 5) is 14.4. The standard InChI is InChI=1S/C26H26F2N4O/c1-32(2)13-12-22(17-30-26(33)31-23-10-11-24(27)25(28)15-23)20-8-6-19(7-9-20)21-5-3-4-18(14-21)16-29/h3-11,14-15,22H,12-13,17H2,1-2H3,(H2,30,31,33). The van der Waals surface area contributed by atoms with Crippen LogP contribution in [-0.2, 0) is 0 Å². The number of benzene rings is 3. The van der Waals surface area contributed by atoms with Gasteiger partial charge in [-0.2, -0.15) is 5.26 Å². The molecule has 0 bridgehead atoms. The van der Waals surface area contributed by atoms with Crippen LogP contribution in [0.5, 0.6) is 0 Å². The zero-order chi connectivity index (χ0) is 23.8. The van der Waals surface area contributed by atoms with Crippen molar-refractivity contribution >= 4 is 11.7 Å². The lowest BCUT2D eigenvalue weighted by Crippen LogP contribution is -2.33. The molecular weight excluding hydrogens is 422 g/mol. The van der Waals surface area contributed by atoms with Crippen molar-refractivity contribution in [1.29, 1.82) is 5.26 Å². The minimum atomic E-state index is -1.02. The predicted molar refractivity (Wildman–Crippen MR) is 126 cm³/mol. The van der Waals surface area contributed by atoms with Gasteiger partial charge in [-0.1, -0.05) is 36.4 Å². The highest BCUT2D eigenvalue weighted by atomic mass is 19.2. The fraction of sp³-hybridized carbons (Fsp3) is 0.231. The van der Waals surface area contributed by atoms with Crippen molar-refractivity contribution < 1.29 is 13.6 Å². The molecule has 0 aliphatic rings. The SMILES string of the molecule is CN(C)CCC(CNC(=O)Nc1ccc(F)c(F)c1)c1ccc(-c2cccc(C#N)c2)cc1. The Morgan fingerprint density at radius 2 is 1.76 bits per heavy atom. The molecule has 0 aliphatic carbocycles. The van der Waals surface area contributed by atoms with Crippen molar-refractivity contribution in [2.45, 2.75) is 12.3 Å². The number of urea groups is 1. The second-order valence-corrected chi connectivity index (χ2v) is 8.07. The van der Waals surface area contributed by atoms with Crippen LogP contribution >= 0.6 is 0 Å². The van der Waals surface area contributed by atoms with Gasteiger partial charge in [-0.05, 0) is 68.0 Å². The summed E-state index contributed by atoms with van der Waals surface area (Å²) in [5.74, 6) is -1.92. The molecule has 0 saturated carbocycles. The molecule has 0 aliphatic heterocycles. The van der Waals surface area contributed by atoms with Gasteiger partial charge in [0.25, 0.3) is 0 Å². The smallest absolute Gasteiger partial charge is 0.319 e. The van der Waals surface area contributed by atoms with Crippen molar-refractivity contribution in [1.82, 2.24) is 10.2 Å². The average Bonchev–Trinajstić information content (AvgIpc) is 2.81. The van der Waals surface area contributed by atoms with Crippen LogP contribution in [0.2, 0.25) is 0 Å². The van der Waals surface area contributed by atoms with Crippen LogP contribution in [0.15, 0.2) is 66.7 Å². The highest BCUT2D eigenvalue weighted by Crippen LogP contribution is 2.25. The topological polar surface area (TPSA) is 68.2 Å². The van der Waals surface area contributed by atoms with E-state index in [0.29, 0.717) is 12.1 Å². The minimum Gasteiger partial charge on any atom is -0.337 e. The van der Waals surface area contributed by atoms with E-state index < -0.39 is 17.7 Å². The van der Waals surface area contributed by atoms with Gasteiger partial charge in [-0.3, -0.25) is 0 Å². The number of carbonyl (C=O) groups excluding carboxylic acids is 1. The molecule has 170 valence electrons. The third-order valence-electron chi connectivity index (χ3n) is 5.32. The number of anilines is 1. The van der Waals surface area contributed by atoms with E-state index in [4.69, 9.17) is 5.26 Å². The van der Waals surface area contributed by atoms with Crippen molar-refractivity contribution in [3.05, 3.63) is 89.5 Å². The Kier molecular flexibility index (Phi) is 8.11. The second kappa shape index (κ2) is 11.2. The predicted octanol–water partition coefficient (Wildman–Crippen LogP) is 5.36. The van der Waals surface area contributed by atoms with E-state index in [1.165, 1.54) is 6.07 Å². The van der Waals surface area contributed by atoms with Crippen molar-refractivity contribution in [2.24, 2.45) is 0 Å². The molecule has 0 spiro atoms. The lowest BCUT2D eigenvalue weighted by molar-refractivity contribution is 0.251. The molecule has 2 N–H and O–H groups in total. The fourth-order valence-electron chi connectivity index (χ4n) is 3.48. The lowest BCUT2D eigenvalue weighted by atomic mass is 9.93. The summed E-state index contributed by atoms with van der Waals surface area (Å²) in [5.41, 5.74) is 3.84. The fourth-order valence-corrected chi connectivity index (χ4v) is 3.48. The highest BCUT2D eigenvalue weighted by Gasteiger charge is 2.15. The van der Waals surface area contributed by atoms with Crippen LogP contribution in [-0.4, -0.2) is 38.1 Å². The molecule has 3 aromatic rings. The van der Waals surface area contributed by atoms with E-state index in [2.05, 4.69) is 21.6 Å². The van der Waals surface area contributed by atoms with Gasteiger partial charge in [0.05, 0.1) is 11.6 Å².